The Labute approximate surface area is 270 Å². The summed E-state index contributed by atoms with van der Waals surface area (Å²) in [6, 6.07) is 9.13. The number of ketones is 1. The lowest BCUT2D eigenvalue weighted by Crippen LogP contribution is -2.57. The van der Waals surface area contributed by atoms with Crippen molar-refractivity contribution in [3.63, 3.8) is 0 Å². The van der Waals surface area contributed by atoms with E-state index in [4.69, 9.17) is 9.47 Å². The van der Waals surface area contributed by atoms with Gasteiger partial charge in [0.2, 0.25) is 10.0 Å². The average Bonchev–Trinajstić information content (AvgIpc) is 3.12. The largest absolute Gasteiger partial charge is 0.453 e. The van der Waals surface area contributed by atoms with E-state index in [0.717, 1.165) is 12.0 Å². The van der Waals surface area contributed by atoms with E-state index in [-0.39, 0.29) is 48.2 Å². The number of amides is 1. The number of halogens is 2. The lowest BCUT2D eigenvalue weighted by molar-refractivity contribution is -0.122. The zero-order valence-electron chi connectivity index (χ0n) is 26.7. The number of methoxy groups -OCH3 is 1. The number of nitrogens with zero attached hydrogens (tertiary/aromatic N) is 1. The van der Waals surface area contributed by atoms with Crippen molar-refractivity contribution in [2.75, 3.05) is 26.0 Å². The number of hydrogen-bond donors (Lipinski definition) is 2. The molecule has 12 heteroatoms. The maximum Gasteiger partial charge on any atom is 0.407 e. The van der Waals surface area contributed by atoms with E-state index in [9.17, 15) is 26.8 Å². The molecule has 0 aromatic heterocycles. The van der Waals surface area contributed by atoms with Crippen molar-refractivity contribution in [2.24, 2.45) is 5.92 Å². The van der Waals surface area contributed by atoms with Crippen LogP contribution in [0.2, 0.25) is 0 Å². The second-order valence-corrected chi connectivity index (χ2v) is 15.1. The number of ether oxygens (including phenoxy) is 2. The molecule has 1 amide bonds. The Morgan fingerprint density at radius 2 is 1.76 bits per heavy atom. The van der Waals surface area contributed by atoms with Gasteiger partial charge in [-0.3, -0.25) is 4.79 Å². The zero-order valence-corrected chi connectivity index (χ0v) is 27.5. The third kappa shape index (κ3) is 8.31. The fraction of sp³-hybridized carbons (Fsp3) is 0.588. The molecule has 2 unspecified atom stereocenters. The zero-order chi connectivity index (χ0) is 33.0. The number of alkyl carbamates (subject to hydrolysis) is 1. The van der Waals surface area contributed by atoms with Crippen molar-refractivity contribution in [2.45, 2.75) is 95.0 Å². The van der Waals surface area contributed by atoms with Gasteiger partial charge in [0, 0.05) is 37.5 Å². The molecule has 2 aromatic rings. The fourth-order valence-electron chi connectivity index (χ4n) is 7.60. The maximum absolute atomic E-state index is 14.7. The average molecular weight is 662 g/mol. The van der Waals surface area contributed by atoms with Crippen LogP contribution in [0.3, 0.4) is 0 Å². The Kier molecular flexibility index (Phi) is 11.1. The SMILES string of the molecule is COC(=O)N[C@H](C(=O)Cc1cc(F)ccc1CC[C@H]1CN[C@@H]2CCCS(=O)(=O)N1C2)[C@@H](c1ccc(F)cc1)C1C[C@@H](C)O[C@@H](C)C1. The molecule has 5 rings (SSSR count). The van der Waals surface area contributed by atoms with E-state index >= 15 is 0 Å². The van der Waals surface area contributed by atoms with Crippen molar-refractivity contribution < 1.29 is 36.3 Å². The van der Waals surface area contributed by atoms with E-state index < -0.39 is 39.7 Å². The highest BCUT2D eigenvalue weighted by Gasteiger charge is 2.41. The van der Waals surface area contributed by atoms with Gasteiger partial charge in [-0.15, -0.1) is 0 Å². The van der Waals surface area contributed by atoms with Crippen LogP contribution in [-0.4, -0.2) is 80.9 Å². The van der Waals surface area contributed by atoms with E-state index in [2.05, 4.69) is 10.6 Å². The van der Waals surface area contributed by atoms with Crippen molar-refractivity contribution in [1.29, 1.82) is 0 Å². The van der Waals surface area contributed by atoms with Crippen LogP contribution < -0.4 is 10.6 Å². The summed E-state index contributed by atoms with van der Waals surface area (Å²) in [5, 5.41) is 6.24. The van der Waals surface area contributed by atoms with E-state index in [1.165, 1.54) is 31.4 Å². The molecule has 8 atom stereocenters. The molecule has 9 nitrogen and oxygen atoms in total. The minimum atomic E-state index is -3.37. The molecular weight excluding hydrogens is 616 g/mol. The first kappa shape index (κ1) is 34.4. The number of fused-ring (bicyclic) bond motifs is 2. The highest BCUT2D eigenvalue weighted by Crippen LogP contribution is 2.39. The molecule has 3 aliphatic heterocycles. The Morgan fingerprint density at radius 1 is 1.07 bits per heavy atom. The van der Waals surface area contributed by atoms with Crippen molar-refractivity contribution in [3.8, 4) is 0 Å². The second-order valence-electron chi connectivity index (χ2n) is 13.1. The van der Waals surface area contributed by atoms with E-state index in [1.807, 2.05) is 13.8 Å². The standard InChI is InChI=1S/C34H45F2N3O6S/c1-21-15-26(16-22(2)45-21)32(24-7-10-27(35)11-8-24)33(38-34(41)44-3)31(40)18-25-17-28(36)12-6-23(25)9-13-30-19-37-29-5-4-14-46(42,43)39(30)20-29/h6-8,10-12,17,21-22,26,29-30,32-33,37H,4-5,9,13-16,18-20H2,1-3H3,(H,38,41)/t21-,22+,26?,29-,30+,32+,33-/m1/s1. The first-order chi connectivity index (χ1) is 21.9. The predicted octanol–water partition coefficient (Wildman–Crippen LogP) is 4.49. The van der Waals surface area contributed by atoms with Crippen LogP contribution in [0.25, 0.3) is 0 Å². The number of rotatable bonds is 10. The summed E-state index contributed by atoms with van der Waals surface area (Å²) in [5.74, 6) is -1.72. The van der Waals surface area contributed by atoms with Crippen LogP contribution in [0.4, 0.5) is 13.6 Å². The summed E-state index contributed by atoms with van der Waals surface area (Å²) in [5.41, 5.74) is 1.92. The van der Waals surface area contributed by atoms with Crippen molar-refractivity contribution in [3.05, 3.63) is 70.8 Å². The van der Waals surface area contributed by atoms with Gasteiger partial charge in [-0.2, -0.15) is 4.31 Å². The maximum atomic E-state index is 14.7. The molecule has 2 bridgehead atoms. The summed E-state index contributed by atoms with van der Waals surface area (Å²) < 4.78 is 67.1. The summed E-state index contributed by atoms with van der Waals surface area (Å²) in [6.07, 6.45) is 2.52. The van der Waals surface area contributed by atoms with Gasteiger partial charge in [-0.1, -0.05) is 18.2 Å². The Balaban J connectivity index is 1.42. The van der Waals surface area contributed by atoms with Crippen molar-refractivity contribution >= 4 is 21.9 Å². The number of sulfonamides is 1. The molecule has 2 N–H and O–H groups in total. The number of hydrogen-bond acceptors (Lipinski definition) is 7. The smallest absolute Gasteiger partial charge is 0.407 e. The molecular formula is C34H45F2N3O6S. The van der Waals surface area contributed by atoms with Crippen molar-refractivity contribution in [1.82, 2.24) is 14.9 Å². The Hall–Kier alpha value is -2.93. The topological polar surface area (TPSA) is 114 Å². The van der Waals surface area contributed by atoms with Crippen LogP contribution in [0.15, 0.2) is 42.5 Å². The number of carbonyl (C=O) groups excluding carboxylic acids is 2. The molecule has 0 aliphatic carbocycles. The van der Waals surface area contributed by atoms with Gasteiger partial charge in [-0.25, -0.2) is 22.0 Å². The number of Topliss-reactive ketones (excluding diaryl/α,β-unsaturated/α-hetero) is 1. The van der Waals surface area contributed by atoms with E-state index in [0.29, 0.717) is 56.3 Å². The molecule has 0 radical (unpaired) electrons. The molecule has 46 heavy (non-hydrogen) atoms. The predicted molar refractivity (Wildman–Crippen MR) is 170 cm³/mol. The van der Waals surface area contributed by atoms with Gasteiger partial charge in [0.1, 0.15) is 11.6 Å². The number of aryl methyl sites for hydroxylation is 1. The number of benzene rings is 2. The molecule has 0 spiro atoms. The first-order valence-electron chi connectivity index (χ1n) is 16.2. The van der Waals surface area contributed by atoms with Crippen LogP contribution >= 0.6 is 0 Å². The van der Waals surface area contributed by atoms with Gasteiger partial charge in [-0.05, 0) is 99.2 Å². The fourth-order valence-corrected chi connectivity index (χ4v) is 9.40. The lowest BCUT2D eigenvalue weighted by atomic mass is 9.72. The summed E-state index contributed by atoms with van der Waals surface area (Å²) in [4.78, 5) is 26.9. The van der Waals surface area contributed by atoms with Gasteiger partial charge < -0.3 is 20.1 Å². The molecule has 252 valence electrons. The van der Waals surface area contributed by atoms with E-state index in [1.54, 1.807) is 22.5 Å². The van der Waals surface area contributed by atoms with Crippen LogP contribution in [0, 0.1) is 17.6 Å². The lowest BCUT2D eigenvalue weighted by Gasteiger charge is -2.40. The number of nitrogens with one attached hydrogen (secondary N) is 2. The quantitative estimate of drug-likeness (QED) is 0.386. The molecule has 2 aromatic carbocycles. The van der Waals surface area contributed by atoms with Gasteiger partial charge in [0.15, 0.2) is 5.78 Å². The monoisotopic (exact) mass is 661 g/mol. The van der Waals surface area contributed by atoms with Crippen LogP contribution in [-0.2, 0) is 37.1 Å². The Bertz CT molecular complexity index is 1480. The third-order valence-corrected chi connectivity index (χ3v) is 11.7. The normalized spacial score (nSPS) is 28.8. The number of carbonyl (C=O) groups is 2. The summed E-state index contributed by atoms with van der Waals surface area (Å²) in [6.45, 7) is 4.91. The molecule has 3 saturated heterocycles. The highest BCUT2D eigenvalue weighted by molar-refractivity contribution is 7.89. The van der Waals surface area contributed by atoms with Gasteiger partial charge in [0.05, 0.1) is 31.1 Å². The van der Waals surface area contributed by atoms with Crippen LogP contribution in [0.1, 0.15) is 68.6 Å². The summed E-state index contributed by atoms with van der Waals surface area (Å²) in [7, 11) is -2.15. The molecule has 0 saturated carbocycles. The molecule has 3 aliphatic rings. The summed E-state index contributed by atoms with van der Waals surface area (Å²) >= 11 is 0. The van der Waals surface area contributed by atoms with Gasteiger partial charge in [0.25, 0.3) is 0 Å². The molecule has 3 fully saturated rings. The minimum Gasteiger partial charge on any atom is -0.453 e. The highest BCUT2D eigenvalue weighted by atomic mass is 32.2. The number of piperazine rings is 1. The second kappa shape index (κ2) is 14.9. The van der Waals surface area contributed by atoms with Gasteiger partial charge >= 0.3 is 6.09 Å². The minimum absolute atomic E-state index is 0.0829. The third-order valence-electron chi connectivity index (χ3n) is 9.70. The molecule has 3 heterocycles. The van der Waals surface area contributed by atoms with Crippen LogP contribution in [0.5, 0.6) is 0 Å². The Morgan fingerprint density at radius 3 is 2.46 bits per heavy atom. The first-order valence-corrected chi connectivity index (χ1v) is 17.8.